The summed E-state index contributed by atoms with van der Waals surface area (Å²) in [5.41, 5.74) is 0.546. The van der Waals surface area contributed by atoms with Gasteiger partial charge >= 0.3 is 0 Å². The topological polar surface area (TPSA) is 41.1 Å². The number of hydrogen-bond acceptors (Lipinski definition) is 2. The number of hydrogen-bond donors (Lipinski definition) is 2. The van der Waals surface area contributed by atoms with Crippen molar-refractivity contribution >= 4 is 17.5 Å². The minimum Gasteiger partial charge on any atom is -0.353 e. The Bertz CT molecular complexity index is 511. The van der Waals surface area contributed by atoms with Crippen LogP contribution in [0.3, 0.4) is 0 Å². The fraction of sp³-hybridized carbons (Fsp3) is 0.562. The van der Waals surface area contributed by atoms with Crippen LogP contribution in [0.15, 0.2) is 18.2 Å². The van der Waals surface area contributed by atoms with Crippen LogP contribution in [-0.2, 0) is 4.79 Å². The van der Waals surface area contributed by atoms with E-state index in [9.17, 15) is 9.18 Å². The van der Waals surface area contributed by atoms with Crippen LogP contribution >= 0.6 is 11.6 Å². The molecule has 1 saturated carbocycles. The second-order valence-corrected chi connectivity index (χ2v) is 6.46. The Morgan fingerprint density at radius 2 is 2.33 bits per heavy atom. The summed E-state index contributed by atoms with van der Waals surface area (Å²) in [6, 6.07) is 4.76. The molecule has 2 N–H and O–H groups in total. The van der Waals surface area contributed by atoms with Crippen molar-refractivity contribution in [3.05, 3.63) is 34.6 Å². The van der Waals surface area contributed by atoms with Crippen molar-refractivity contribution in [2.24, 2.45) is 5.92 Å². The van der Waals surface area contributed by atoms with Crippen molar-refractivity contribution < 1.29 is 9.18 Å². The zero-order valence-electron chi connectivity index (χ0n) is 11.9. The molecule has 0 spiro atoms. The summed E-state index contributed by atoms with van der Waals surface area (Å²) < 4.78 is 13.8. The van der Waals surface area contributed by atoms with Crippen molar-refractivity contribution in [2.45, 2.75) is 37.6 Å². The lowest BCUT2D eigenvalue weighted by atomic mass is 10.0. The average molecular weight is 311 g/mol. The van der Waals surface area contributed by atoms with Crippen LogP contribution in [0, 0.1) is 11.7 Å². The van der Waals surface area contributed by atoms with Gasteiger partial charge in [-0.15, -0.1) is 0 Å². The van der Waals surface area contributed by atoms with Gasteiger partial charge in [0.1, 0.15) is 5.82 Å². The summed E-state index contributed by atoms with van der Waals surface area (Å²) >= 11 is 6.05. The number of carbonyl (C=O) groups excluding carboxylic acids is 1. The number of halogens is 2. The molecule has 3 atom stereocenters. The highest BCUT2D eigenvalue weighted by Crippen LogP contribution is 2.44. The van der Waals surface area contributed by atoms with E-state index >= 15 is 0 Å². The van der Waals surface area contributed by atoms with Crippen molar-refractivity contribution in [3.8, 4) is 0 Å². The standard InChI is InChI=1S/C16H20ClFN2O/c17-12-2-1-3-13(18)16(12)11-8-14(11)20-15(21)5-4-10-6-7-19-9-10/h1-3,10-11,14,19H,4-9H2,(H,20,21). The number of nitrogens with one attached hydrogen (secondary N) is 2. The van der Waals surface area contributed by atoms with E-state index in [1.54, 1.807) is 12.1 Å². The molecule has 1 saturated heterocycles. The Balaban J connectivity index is 1.48. The van der Waals surface area contributed by atoms with Crippen LogP contribution < -0.4 is 10.6 Å². The van der Waals surface area contributed by atoms with Gasteiger partial charge in [-0.25, -0.2) is 4.39 Å². The van der Waals surface area contributed by atoms with Crippen LogP contribution in [0.25, 0.3) is 0 Å². The molecular formula is C16H20ClFN2O. The lowest BCUT2D eigenvalue weighted by molar-refractivity contribution is -0.121. The lowest BCUT2D eigenvalue weighted by Gasteiger charge is -2.09. The largest absolute Gasteiger partial charge is 0.353 e. The van der Waals surface area contributed by atoms with E-state index in [1.807, 2.05) is 0 Å². The summed E-state index contributed by atoms with van der Waals surface area (Å²) in [6.45, 7) is 2.08. The van der Waals surface area contributed by atoms with E-state index in [2.05, 4.69) is 10.6 Å². The fourth-order valence-electron chi connectivity index (χ4n) is 3.11. The van der Waals surface area contributed by atoms with Crippen LogP contribution in [0.4, 0.5) is 4.39 Å². The molecule has 0 aromatic heterocycles. The maximum absolute atomic E-state index is 13.8. The van der Waals surface area contributed by atoms with Gasteiger partial charge in [-0.1, -0.05) is 17.7 Å². The molecule has 1 amide bonds. The molecule has 5 heteroatoms. The monoisotopic (exact) mass is 310 g/mol. The molecule has 21 heavy (non-hydrogen) atoms. The van der Waals surface area contributed by atoms with E-state index in [0.29, 0.717) is 22.9 Å². The van der Waals surface area contributed by atoms with Gasteiger partial charge in [0, 0.05) is 29.0 Å². The molecule has 1 aromatic carbocycles. The average Bonchev–Trinajstić information content (AvgIpc) is 2.99. The number of rotatable bonds is 5. The van der Waals surface area contributed by atoms with Crippen LogP contribution in [0.2, 0.25) is 5.02 Å². The number of amides is 1. The first-order valence-electron chi connectivity index (χ1n) is 7.59. The Morgan fingerprint density at radius 1 is 1.48 bits per heavy atom. The van der Waals surface area contributed by atoms with Crippen LogP contribution in [-0.4, -0.2) is 25.0 Å². The summed E-state index contributed by atoms with van der Waals surface area (Å²) in [5, 5.41) is 6.75. The highest BCUT2D eigenvalue weighted by molar-refractivity contribution is 6.31. The van der Waals surface area contributed by atoms with E-state index < -0.39 is 0 Å². The van der Waals surface area contributed by atoms with Gasteiger partial charge < -0.3 is 10.6 Å². The third kappa shape index (κ3) is 3.55. The van der Waals surface area contributed by atoms with E-state index in [-0.39, 0.29) is 23.7 Å². The molecule has 0 bridgehead atoms. The van der Waals surface area contributed by atoms with Gasteiger partial charge in [-0.05, 0) is 50.4 Å². The SMILES string of the molecule is O=C(CCC1CCNC1)NC1CC1c1c(F)cccc1Cl. The maximum Gasteiger partial charge on any atom is 0.220 e. The molecule has 1 aromatic rings. The quantitative estimate of drug-likeness (QED) is 0.878. The second kappa shape index (κ2) is 6.32. The summed E-state index contributed by atoms with van der Waals surface area (Å²) in [6.07, 6.45) is 3.42. The Kier molecular flexibility index (Phi) is 4.45. The molecule has 0 radical (unpaired) electrons. The third-order valence-electron chi connectivity index (χ3n) is 4.45. The summed E-state index contributed by atoms with van der Waals surface area (Å²) in [7, 11) is 0. The van der Waals surface area contributed by atoms with Gasteiger partial charge in [0.25, 0.3) is 0 Å². The highest BCUT2D eigenvalue weighted by Gasteiger charge is 2.42. The molecule has 1 aliphatic heterocycles. The van der Waals surface area contributed by atoms with E-state index in [4.69, 9.17) is 11.6 Å². The molecule has 3 nitrogen and oxygen atoms in total. The molecule has 1 aliphatic carbocycles. The number of carbonyl (C=O) groups is 1. The van der Waals surface area contributed by atoms with Gasteiger partial charge in [0.15, 0.2) is 0 Å². The normalized spacial score (nSPS) is 27.6. The summed E-state index contributed by atoms with van der Waals surface area (Å²) in [5.74, 6) is 0.436. The van der Waals surface area contributed by atoms with Gasteiger partial charge in [-0.3, -0.25) is 4.79 Å². The van der Waals surface area contributed by atoms with Crippen molar-refractivity contribution in [1.29, 1.82) is 0 Å². The van der Waals surface area contributed by atoms with Crippen molar-refractivity contribution in [3.63, 3.8) is 0 Å². The zero-order valence-corrected chi connectivity index (χ0v) is 12.6. The molecule has 2 fully saturated rings. The predicted molar refractivity (Wildman–Crippen MR) is 80.9 cm³/mol. The Morgan fingerprint density at radius 3 is 3.05 bits per heavy atom. The van der Waals surface area contributed by atoms with E-state index in [1.165, 1.54) is 6.07 Å². The van der Waals surface area contributed by atoms with Crippen LogP contribution in [0.5, 0.6) is 0 Å². The zero-order chi connectivity index (χ0) is 14.8. The van der Waals surface area contributed by atoms with Gasteiger partial charge in [0.2, 0.25) is 5.91 Å². The van der Waals surface area contributed by atoms with Crippen LogP contribution in [0.1, 0.15) is 37.2 Å². The van der Waals surface area contributed by atoms with E-state index in [0.717, 1.165) is 32.4 Å². The number of benzene rings is 1. The minimum absolute atomic E-state index is 0.0239. The molecule has 3 rings (SSSR count). The minimum atomic E-state index is -0.277. The highest BCUT2D eigenvalue weighted by atomic mass is 35.5. The molecule has 114 valence electrons. The molecule has 3 unspecified atom stereocenters. The fourth-order valence-corrected chi connectivity index (χ4v) is 3.42. The van der Waals surface area contributed by atoms with Crippen molar-refractivity contribution in [1.82, 2.24) is 10.6 Å². The maximum atomic E-state index is 13.8. The van der Waals surface area contributed by atoms with Crippen molar-refractivity contribution in [2.75, 3.05) is 13.1 Å². The molecule has 2 aliphatic rings. The molecular weight excluding hydrogens is 291 g/mol. The Labute approximate surface area is 129 Å². The first-order chi connectivity index (χ1) is 10.1. The first kappa shape index (κ1) is 14.8. The third-order valence-corrected chi connectivity index (χ3v) is 4.78. The summed E-state index contributed by atoms with van der Waals surface area (Å²) in [4.78, 5) is 11.9. The second-order valence-electron chi connectivity index (χ2n) is 6.05. The lowest BCUT2D eigenvalue weighted by Crippen LogP contribution is -2.27. The Hall–Kier alpha value is -1.13. The van der Waals surface area contributed by atoms with Gasteiger partial charge in [-0.2, -0.15) is 0 Å². The molecule has 1 heterocycles. The smallest absolute Gasteiger partial charge is 0.220 e. The first-order valence-corrected chi connectivity index (χ1v) is 7.97. The van der Waals surface area contributed by atoms with Gasteiger partial charge in [0.05, 0.1) is 0 Å². The predicted octanol–water partition coefficient (Wildman–Crippen LogP) is 2.84.